The third kappa shape index (κ3) is 7.47. The van der Waals surface area contributed by atoms with Gasteiger partial charge in [-0.1, -0.05) is 65.7 Å². The van der Waals surface area contributed by atoms with Gasteiger partial charge in [0.25, 0.3) is 5.82 Å². The summed E-state index contributed by atoms with van der Waals surface area (Å²) in [6.45, 7) is 9.26. The van der Waals surface area contributed by atoms with E-state index in [-0.39, 0.29) is 0 Å². The SMILES string of the molecule is CCCCCCCCc1n(CCCC)cc[n+]1CCCCC. The van der Waals surface area contributed by atoms with Crippen LogP contribution in [0.5, 0.6) is 0 Å². The standard InChI is InChI=1S/C20H39N2/c1-4-7-10-11-12-13-15-20-21(16-9-6-3)18-19-22(20)17-14-8-5-2/h18-19H,4-17H2,1-3H3/q+1. The lowest BCUT2D eigenvalue weighted by molar-refractivity contribution is -0.704. The zero-order valence-corrected chi connectivity index (χ0v) is 15.4. The van der Waals surface area contributed by atoms with Crippen molar-refractivity contribution in [2.45, 2.75) is 111 Å². The molecule has 0 fully saturated rings. The minimum atomic E-state index is 1.20. The minimum Gasteiger partial charge on any atom is -0.234 e. The van der Waals surface area contributed by atoms with Gasteiger partial charge in [-0.3, -0.25) is 0 Å². The molecule has 0 N–H and O–H groups in total. The second-order valence-corrected chi connectivity index (χ2v) is 6.68. The van der Waals surface area contributed by atoms with Crippen molar-refractivity contribution in [1.29, 1.82) is 0 Å². The summed E-state index contributed by atoms with van der Waals surface area (Å²) in [6.07, 6.45) is 20.8. The van der Waals surface area contributed by atoms with Gasteiger partial charge in [0, 0.05) is 6.42 Å². The highest BCUT2D eigenvalue weighted by atomic mass is 15.1. The van der Waals surface area contributed by atoms with Crippen LogP contribution in [-0.2, 0) is 19.5 Å². The second kappa shape index (κ2) is 12.7. The summed E-state index contributed by atoms with van der Waals surface area (Å²) < 4.78 is 5.04. The zero-order valence-electron chi connectivity index (χ0n) is 15.4. The second-order valence-electron chi connectivity index (χ2n) is 6.68. The van der Waals surface area contributed by atoms with E-state index in [0.717, 1.165) is 0 Å². The summed E-state index contributed by atoms with van der Waals surface area (Å²) in [6, 6.07) is 0. The molecular weight excluding hydrogens is 268 g/mol. The maximum atomic E-state index is 2.53. The lowest BCUT2D eigenvalue weighted by Gasteiger charge is -2.06. The average Bonchev–Trinajstić information content (AvgIpc) is 2.91. The minimum absolute atomic E-state index is 1.20. The molecule has 0 bridgehead atoms. The van der Waals surface area contributed by atoms with Crippen LogP contribution in [0.1, 0.15) is 97.2 Å². The molecule has 0 saturated heterocycles. The summed E-state index contributed by atoms with van der Waals surface area (Å²) in [5.74, 6) is 1.57. The number of aromatic nitrogens is 2. The van der Waals surface area contributed by atoms with E-state index in [9.17, 15) is 0 Å². The highest BCUT2D eigenvalue weighted by molar-refractivity contribution is 4.84. The van der Waals surface area contributed by atoms with Gasteiger partial charge >= 0.3 is 0 Å². The number of aryl methyl sites for hydroxylation is 2. The number of imidazole rings is 1. The van der Waals surface area contributed by atoms with Crippen LogP contribution in [-0.4, -0.2) is 4.57 Å². The Morgan fingerprint density at radius 2 is 1.41 bits per heavy atom. The normalized spacial score (nSPS) is 11.2. The maximum Gasteiger partial charge on any atom is 0.256 e. The van der Waals surface area contributed by atoms with Crippen LogP contribution < -0.4 is 4.57 Å². The quantitative estimate of drug-likeness (QED) is 0.309. The first kappa shape index (κ1) is 19.3. The predicted molar refractivity (Wildman–Crippen MR) is 96.1 cm³/mol. The molecule has 1 aromatic rings. The van der Waals surface area contributed by atoms with E-state index in [2.05, 4.69) is 42.3 Å². The Bertz CT molecular complexity index is 368. The van der Waals surface area contributed by atoms with Gasteiger partial charge in [0.1, 0.15) is 12.4 Å². The van der Waals surface area contributed by atoms with Gasteiger partial charge in [-0.25, -0.2) is 9.13 Å². The van der Waals surface area contributed by atoms with Crippen LogP contribution in [0, 0.1) is 0 Å². The Balaban J connectivity index is 2.48. The Morgan fingerprint density at radius 1 is 0.773 bits per heavy atom. The largest absolute Gasteiger partial charge is 0.256 e. The Labute approximate surface area is 138 Å². The molecule has 0 amide bonds. The van der Waals surface area contributed by atoms with Crippen molar-refractivity contribution >= 4 is 0 Å². The molecule has 0 unspecified atom stereocenters. The first-order valence-corrected chi connectivity index (χ1v) is 9.90. The molecule has 2 heteroatoms. The van der Waals surface area contributed by atoms with Crippen molar-refractivity contribution < 1.29 is 4.57 Å². The van der Waals surface area contributed by atoms with Crippen molar-refractivity contribution in [1.82, 2.24) is 4.57 Å². The molecule has 1 rings (SSSR count). The van der Waals surface area contributed by atoms with Crippen LogP contribution in [0.2, 0.25) is 0 Å². The number of hydrogen-bond donors (Lipinski definition) is 0. The molecule has 0 spiro atoms. The van der Waals surface area contributed by atoms with E-state index < -0.39 is 0 Å². The predicted octanol–water partition coefficient (Wildman–Crippen LogP) is 5.67. The number of rotatable bonds is 14. The molecule has 128 valence electrons. The van der Waals surface area contributed by atoms with E-state index in [1.165, 1.54) is 90.1 Å². The summed E-state index contributed by atoms with van der Waals surface area (Å²) in [5.41, 5.74) is 0. The third-order valence-corrected chi connectivity index (χ3v) is 4.60. The molecule has 0 atom stereocenters. The molecule has 22 heavy (non-hydrogen) atoms. The average molecular weight is 308 g/mol. The fourth-order valence-corrected chi connectivity index (χ4v) is 3.12. The molecule has 0 aromatic carbocycles. The first-order valence-electron chi connectivity index (χ1n) is 9.90. The summed E-state index contributed by atoms with van der Waals surface area (Å²) in [7, 11) is 0. The van der Waals surface area contributed by atoms with Crippen molar-refractivity contribution in [3.8, 4) is 0 Å². The van der Waals surface area contributed by atoms with Crippen LogP contribution in [0.15, 0.2) is 12.4 Å². The fraction of sp³-hybridized carbons (Fsp3) is 0.850. The number of nitrogens with zero attached hydrogens (tertiary/aromatic N) is 2. The van der Waals surface area contributed by atoms with Gasteiger partial charge in [-0.15, -0.1) is 0 Å². The van der Waals surface area contributed by atoms with E-state index >= 15 is 0 Å². The molecule has 1 aromatic heterocycles. The molecular formula is C20H39N2+. The van der Waals surface area contributed by atoms with Crippen LogP contribution in [0.3, 0.4) is 0 Å². The van der Waals surface area contributed by atoms with Gasteiger partial charge in [0.2, 0.25) is 0 Å². The Kier molecular flexibility index (Phi) is 11.1. The van der Waals surface area contributed by atoms with Gasteiger partial charge in [-0.05, 0) is 25.7 Å². The smallest absolute Gasteiger partial charge is 0.234 e. The molecule has 0 aliphatic carbocycles. The van der Waals surface area contributed by atoms with E-state index in [4.69, 9.17) is 0 Å². The molecule has 0 saturated carbocycles. The Hall–Kier alpha value is -0.790. The molecule has 2 nitrogen and oxygen atoms in total. The van der Waals surface area contributed by atoms with E-state index in [1.54, 1.807) is 5.82 Å². The van der Waals surface area contributed by atoms with Crippen LogP contribution in [0.25, 0.3) is 0 Å². The van der Waals surface area contributed by atoms with Crippen LogP contribution in [0.4, 0.5) is 0 Å². The topological polar surface area (TPSA) is 8.81 Å². The fourth-order valence-electron chi connectivity index (χ4n) is 3.12. The number of unbranched alkanes of at least 4 members (excludes halogenated alkanes) is 8. The molecule has 0 aliphatic rings. The zero-order chi connectivity index (χ0) is 16.0. The summed E-state index contributed by atoms with van der Waals surface area (Å²) in [5, 5.41) is 0. The third-order valence-electron chi connectivity index (χ3n) is 4.60. The molecule has 0 aliphatic heterocycles. The first-order chi connectivity index (χ1) is 10.8. The lowest BCUT2D eigenvalue weighted by atomic mass is 10.1. The summed E-state index contributed by atoms with van der Waals surface area (Å²) in [4.78, 5) is 0. The van der Waals surface area contributed by atoms with E-state index in [1.807, 2.05) is 0 Å². The molecule has 0 radical (unpaired) electrons. The maximum absolute atomic E-state index is 2.53. The van der Waals surface area contributed by atoms with Gasteiger partial charge in [-0.2, -0.15) is 0 Å². The van der Waals surface area contributed by atoms with Gasteiger partial charge in [0.15, 0.2) is 0 Å². The monoisotopic (exact) mass is 307 g/mol. The number of hydrogen-bond acceptors (Lipinski definition) is 0. The van der Waals surface area contributed by atoms with Crippen molar-refractivity contribution in [3.05, 3.63) is 18.2 Å². The Morgan fingerprint density at radius 3 is 2.14 bits per heavy atom. The molecule has 1 heterocycles. The van der Waals surface area contributed by atoms with E-state index in [0.29, 0.717) is 0 Å². The lowest BCUT2D eigenvalue weighted by Crippen LogP contribution is -2.37. The van der Waals surface area contributed by atoms with Crippen molar-refractivity contribution in [3.63, 3.8) is 0 Å². The highest BCUT2D eigenvalue weighted by Crippen LogP contribution is 2.10. The van der Waals surface area contributed by atoms with Gasteiger partial charge < -0.3 is 0 Å². The van der Waals surface area contributed by atoms with Crippen molar-refractivity contribution in [2.24, 2.45) is 0 Å². The van der Waals surface area contributed by atoms with Crippen molar-refractivity contribution in [2.75, 3.05) is 0 Å². The van der Waals surface area contributed by atoms with Crippen LogP contribution >= 0.6 is 0 Å². The highest BCUT2D eigenvalue weighted by Gasteiger charge is 2.15. The van der Waals surface area contributed by atoms with Gasteiger partial charge in [0.05, 0.1) is 13.1 Å². The summed E-state index contributed by atoms with van der Waals surface area (Å²) >= 11 is 0.